The van der Waals surface area contributed by atoms with Crippen LogP contribution in [0.25, 0.3) is 0 Å². The summed E-state index contributed by atoms with van der Waals surface area (Å²) in [5.74, 6) is 1.31. The molecule has 0 bridgehead atoms. The number of ether oxygens (including phenoxy) is 2. The highest BCUT2D eigenvalue weighted by atomic mass is 35.5. The van der Waals surface area contributed by atoms with Crippen LogP contribution in [0.5, 0.6) is 11.5 Å². The summed E-state index contributed by atoms with van der Waals surface area (Å²) in [5, 5.41) is 0. The second-order valence-electron chi connectivity index (χ2n) is 5.70. The summed E-state index contributed by atoms with van der Waals surface area (Å²) in [6.07, 6.45) is 0. The lowest BCUT2D eigenvalue weighted by Gasteiger charge is -2.20. The van der Waals surface area contributed by atoms with Gasteiger partial charge >= 0.3 is 0 Å². The van der Waals surface area contributed by atoms with E-state index < -0.39 is 0 Å². The smallest absolute Gasteiger partial charge is 0.253 e. The maximum absolute atomic E-state index is 12.6. The number of amides is 1. The van der Waals surface area contributed by atoms with Crippen LogP contribution in [0.1, 0.15) is 27.0 Å². The third-order valence-electron chi connectivity index (χ3n) is 4.03. The molecule has 0 atom stereocenters. The first-order valence-electron chi connectivity index (χ1n) is 7.76. The van der Waals surface area contributed by atoms with Crippen molar-refractivity contribution in [3.05, 3.63) is 58.7 Å². The molecule has 0 fully saturated rings. The van der Waals surface area contributed by atoms with Crippen molar-refractivity contribution in [1.29, 1.82) is 0 Å². The number of rotatable bonds is 6. The number of hydrogen-bond acceptors (Lipinski definition) is 4. The van der Waals surface area contributed by atoms with E-state index in [4.69, 9.17) is 15.2 Å². The van der Waals surface area contributed by atoms with Crippen LogP contribution in [0.4, 0.5) is 0 Å². The van der Waals surface area contributed by atoms with E-state index in [0.29, 0.717) is 30.2 Å². The van der Waals surface area contributed by atoms with E-state index in [2.05, 4.69) is 0 Å². The minimum Gasteiger partial charge on any atom is -0.493 e. The fourth-order valence-corrected chi connectivity index (χ4v) is 2.52. The molecule has 136 valence electrons. The Morgan fingerprint density at radius 1 is 1.08 bits per heavy atom. The van der Waals surface area contributed by atoms with Gasteiger partial charge in [0.05, 0.1) is 14.2 Å². The quantitative estimate of drug-likeness (QED) is 0.855. The lowest BCUT2D eigenvalue weighted by Crippen LogP contribution is -2.26. The van der Waals surface area contributed by atoms with Crippen LogP contribution in [0.2, 0.25) is 0 Å². The molecule has 0 aliphatic carbocycles. The van der Waals surface area contributed by atoms with Crippen molar-refractivity contribution in [2.24, 2.45) is 5.73 Å². The molecule has 0 heterocycles. The first kappa shape index (κ1) is 20.8. The standard InChI is InChI=1S/C19H24N2O3.ClH/c1-13-9-17(23-3)18(24-4)10-16(13)12-21(2)19(22)15-7-5-14(11-20)6-8-15;/h5-10H,11-12,20H2,1-4H3;1H. The molecule has 25 heavy (non-hydrogen) atoms. The van der Waals surface area contributed by atoms with Crippen LogP contribution in [0.15, 0.2) is 36.4 Å². The number of aryl methyl sites for hydroxylation is 1. The van der Waals surface area contributed by atoms with Gasteiger partial charge in [-0.2, -0.15) is 0 Å². The number of halogens is 1. The zero-order valence-electron chi connectivity index (χ0n) is 15.0. The van der Waals surface area contributed by atoms with Crippen molar-refractivity contribution < 1.29 is 14.3 Å². The summed E-state index contributed by atoms with van der Waals surface area (Å²) in [5.41, 5.74) is 9.30. The molecule has 0 aliphatic heterocycles. The number of hydrogen-bond donors (Lipinski definition) is 1. The van der Waals surface area contributed by atoms with Gasteiger partial charge in [0.2, 0.25) is 0 Å². The highest BCUT2D eigenvalue weighted by Crippen LogP contribution is 2.30. The summed E-state index contributed by atoms with van der Waals surface area (Å²) < 4.78 is 10.6. The monoisotopic (exact) mass is 364 g/mol. The van der Waals surface area contributed by atoms with E-state index in [1.165, 1.54) is 0 Å². The van der Waals surface area contributed by atoms with E-state index in [1.807, 2.05) is 43.3 Å². The Balaban J connectivity index is 0.00000312. The topological polar surface area (TPSA) is 64.8 Å². The average molecular weight is 365 g/mol. The van der Waals surface area contributed by atoms with Crippen molar-refractivity contribution in [3.8, 4) is 11.5 Å². The van der Waals surface area contributed by atoms with Crippen LogP contribution in [-0.4, -0.2) is 32.1 Å². The number of methoxy groups -OCH3 is 2. The molecule has 2 aromatic rings. The van der Waals surface area contributed by atoms with Gasteiger partial charge in [0.1, 0.15) is 0 Å². The Morgan fingerprint density at radius 2 is 1.64 bits per heavy atom. The number of carbonyl (C=O) groups is 1. The normalized spacial score (nSPS) is 9.96. The van der Waals surface area contributed by atoms with Crippen molar-refractivity contribution in [2.45, 2.75) is 20.0 Å². The average Bonchev–Trinajstić information content (AvgIpc) is 2.62. The van der Waals surface area contributed by atoms with Gasteiger partial charge < -0.3 is 20.1 Å². The van der Waals surface area contributed by atoms with Gasteiger partial charge in [-0.1, -0.05) is 12.1 Å². The van der Waals surface area contributed by atoms with Gasteiger partial charge in [0, 0.05) is 25.7 Å². The summed E-state index contributed by atoms with van der Waals surface area (Å²) in [4.78, 5) is 14.3. The fraction of sp³-hybridized carbons (Fsp3) is 0.316. The molecular formula is C19H25ClN2O3. The maximum atomic E-state index is 12.6. The van der Waals surface area contributed by atoms with Crippen molar-refractivity contribution in [1.82, 2.24) is 4.90 Å². The molecule has 2 rings (SSSR count). The first-order valence-corrected chi connectivity index (χ1v) is 7.76. The molecule has 2 N–H and O–H groups in total. The second kappa shape index (κ2) is 9.30. The first-order chi connectivity index (χ1) is 11.5. The zero-order chi connectivity index (χ0) is 17.7. The van der Waals surface area contributed by atoms with Gasteiger partial charge in [-0.15, -0.1) is 12.4 Å². The Kier molecular flexibility index (Phi) is 7.74. The predicted molar refractivity (Wildman–Crippen MR) is 102 cm³/mol. The zero-order valence-corrected chi connectivity index (χ0v) is 15.9. The summed E-state index contributed by atoms with van der Waals surface area (Å²) in [6.45, 7) is 2.95. The Bertz CT molecular complexity index is 717. The number of nitrogens with zero attached hydrogens (tertiary/aromatic N) is 1. The van der Waals surface area contributed by atoms with Crippen molar-refractivity contribution >= 4 is 18.3 Å². The van der Waals surface area contributed by atoms with Gasteiger partial charge in [-0.3, -0.25) is 4.79 Å². The van der Waals surface area contributed by atoms with Crippen molar-refractivity contribution in [2.75, 3.05) is 21.3 Å². The molecule has 0 saturated carbocycles. The Morgan fingerprint density at radius 3 is 2.16 bits per heavy atom. The summed E-state index contributed by atoms with van der Waals surface area (Å²) in [7, 11) is 5.00. The Hall–Kier alpha value is -2.24. The van der Waals surface area contributed by atoms with E-state index in [0.717, 1.165) is 16.7 Å². The van der Waals surface area contributed by atoms with E-state index in [1.54, 1.807) is 26.2 Å². The molecule has 5 nitrogen and oxygen atoms in total. The van der Waals surface area contributed by atoms with Crippen LogP contribution in [0, 0.1) is 6.92 Å². The van der Waals surface area contributed by atoms with Crippen LogP contribution in [0.3, 0.4) is 0 Å². The molecule has 0 radical (unpaired) electrons. The maximum Gasteiger partial charge on any atom is 0.253 e. The second-order valence-corrected chi connectivity index (χ2v) is 5.70. The summed E-state index contributed by atoms with van der Waals surface area (Å²) in [6, 6.07) is 11.2. The third kappa shape index (κ3) is 4.87. The van der Waals surface area contributed by atoms with Crippen LogP contribution < -0.4 is 15.2 Å². The highest BCUT2D eigenvalue weighted by molar-refractivity contribution is 5.94. The van der Waals surface area contributed by atoms with Crippen LogP contribution >= 0.6 is 12.4 Å². The van der Waals surface area contributed by atoms with E-state index in [-0.39, 0.29) is 18.3 Å². The lowest BCUT2D eigenvalue weighted by molar-refractivity contribution is 0.0785. The fourth-order valence-electron chi connectivity index (χ4n) is 2.52. The summed E-state index contributed by atoms with van der Waals surface area (Å²) >= 11 is 0. The molecule has 0 spiro atoms. The van der Waals surface area contributed by atoms with Gasteiger partial charge in [-0.05, 0) is 47.9 Å². The molecule has 0 aliphatic rings. The molecule has 0 aromatic heterocycles. The van der Waals surface area contributed by atoms with E-state index >= 15 is 0 Å². The van der Waals surface area contributed by atoms with E-state index in [9.17, 15) is 4.79 Å². The van der Waals surface area contributed by atoms with Gasteiger partial charge in [0.25, 0.3) is 5.91 Å². The highest BCUT2D eigenvalue weighted by Gasteiger charge is 2.15. The molecule has 6 heteroatoms. The molecule has 0 saturated heterocycles. The molecule has 1 amide bonds. The van der Waals surface area contributed by atoms with Gasteiger partial charge in [0.15, 0.2) is 11.5 Å². The predicted octanol–water partition coefficient (Wildman–Crippen LogP) is 3.16. The molecular weight excluding hydrogens is 340 g/mol. The molecule has 2 aromatic carbocycles. The van der Waals surface area contributed by atoms with Gasteiger partial charge in [-0.25, -0.2) is 0 Å². The SMILES string of the molecule is COc1cc(C)c(CN(C)C(=O)c2ccc(CN)cc2)cc1OC.Cl. The number of nitrogens with two attached hydrogens (primary N) is 1. The lowest BCUT2D eigenvalue weighted by atomic mass is 10.1. The number of carbonyl (C=O) groups excluding carboxylic acids is 1. The third-order valence-corrected chi connectivity index (χ3v) is 4.03. The van der Waals surface area contributed by atoms with Crippen LogP contribution in [-0.2, 0) is 13.1 Å². The van der Waals surface area contributed by atoms with Crippen molar-refractivity contribution in [3.63, 3.8) is 0 Å². The number of benzene rings is 2. The minimum absolute atomic E-state index is 0. The minimum atomic E-state index is -0.0345. The largest absolute Gasteiger partial charge is 0.493 e. The Labute approximate surface area is 155 Å². The molecule has 0 unspecified atom stereocenters.